The molecule has 0 amide bonds. The van der Waals surface area contributed by atoms with E-state index in [1.54, 1.807) is 32.1 Å². The van der Waals surface area contributed by atoms with Gasteiger partial charge in [-0.15, -0.1) is 0 Å². The predicted molar refractivity (Wildman–Crippen MR) is 97.7 cm³/mol. The molecular weight excluding hydrogens is 349 g/mol. The van der Waals surface area contributed by atoms with E-state index in [0.29, 0.717) is 0 Å². The summed E-state index contributed by atoms with van der Waals surface area (Å²) in [6.07, 6.45) is 4.53. The number of halogens is 1. The molecule has 0 saturated carbocycles. The number of carbonyl (C=O) groups excluding carboxylic acids is 1. The number of nitrogens with zero attached hydrogens (tertiary/aromatic N) is 3. The van der Waals surface area contributed by atoms with Gasteiger partial charge in [-0.05, 0) is 60.9 Å². The van der Waals surface area contributed by atoms with Crippen molar-refractivity contribution in [3.05, 3.63) is 76.9 Å². The van der Waals surface area contributed by atoms with Crippen molar-refractivity contribution in [3.8, 4) is 11.5 Å². The third-order valence-electron chi connectivity index (χ3n) is 3.75. The number of rotatable bonds is 4. The topological polar surface area (TPSA) is 85.2 Å². The van der Waals surface area contributed by atoms with Gasteiger partial charge in [0.1, 0.15) is 12.1 Å². The summed E-state index contributed by atoms with van der Waals surface area (Å²) >= 11 is 0. The third kappa shape index (κ3) is 4.33. The van der Waals surface area contributed by atoms with E-state index in [9.17, 15) is 14.3 Å². The van der Waals surface area contributed by atoms with Crippen molar-refractivity contribution in [1.82, 2.24) is 15.0 Å². The van der Waals surface area contributed by atoms with Gasteiger partial charge in [-0.2, -0.15) is 0 Å². The van der Waals surface area contributed by atoms with Gasteiger partial charge in [-0.3, -0.25) is 0 Å². The van der Waals surface area contributed by atoms with Gasteiger partial charge in [0.05, 0.1) is 0 Å². The Morgan fingerprint density at radius 3 is 2.52 bits per heavy atom. The summed E-state index contributed by atoms with van der Waals surface area (Å²) in [7, 11) is 0. The Morgan fingerprint density at radius 1 is 1.11 bits per heavy atom. The van der Waals surface area contributed by atoms with Crippen molar-refractivity contribution in [1.29, 1.82) is 0 Å². The van der Waals surface area contributed by atoms with Crippen LogP contribution in [0, 0.1) is 19.7 Å². The number of hydrogen-bond acceptors (Lipinski definition) is 6. The Morgan fingerprint density at radius 2 is 1.81 bits per heavy atom. The van der Waals surface area contributed by atoms with Crippen LogP contribution in [0.2, 0.25) is 0 Å². The highest BCUT2D eigenvalue weighted by atomic mass is 19.1. The van der Waals surface area contributed by atoms with Crippen molar-refractivity contribution < 1.29 is 19.0 Å². The van der Waals surface area contributed by atoms with E-state index < -0.39 is 11.8 Å². The first-order valence-electron chi connectivity index (χ1n) is 8.08. The Hall–Kier alpha value is -3.61. The number of esters is 1. The van der Waals surface area contributed by atoms with Crippen molar-refractivity contribution in [2.24, 2.45) is 0 Å². The van der Waals surface area contributed by atoms with Crippen LogP contribution in [-0.4, -0.2) is 26.0 Å². The third-order valence-corrected chi connectivity index (χ3v) is 3.75. The highest BCUT2D eigenvalue weighted by Gasteiger charge is 2.15. The molecule has 0 saturated heterocycles. The molecule has 6 nitrogen and oxygen atoms in total. The summed E-state index contributed by atoms with van der Waals surface area (Å²) in [4.78, 5) is 23.9. The van der Waals surface area contributed by atoms with Crippen LogP contribution in [-0.2, 0) is 0 Å². The van der Waals surface area contributed by atoms with Crippen LogP contribution in [0.25, 0.3) is 12.2 Å². The summed E-state index contributed by atoms with van der Waals surface area (Å²) in [5.41, 5.74) is 2.34. The van der Waals surface area contributed by atoms with Crippen LogP contribution in [0.5, 0.6) is 11.5 Å². The number of carbonyl (C=O) groups is 1. The van der Waals surface area contributed by atoms with Crippen molar-refractivity contribution in [2.75, 3.05) is 0 Å². The molecule has 1 heterocycles. The Kier molecular flexibility index (Phi) is 5.21. The van der Waals surface area contributed by atoms with Gasteiger partial charge in [0.25, 0.3) is 0 Å². The van der Waals surface area contributed by atoms with Crippen molar-refractivity contribution in [2.45, 2.75) is 13.8 Å². The largest absolute Gasteiger partial charge is 0.507 e. The Balaban J connectivity index is 1.79. The van der Waals surface area contributed by atoms with Crippen molar-refractivity contribution in [3.63, 3.8) is 0 Å². The van der Waals surface area contributed by atoms with E-state index in [-0.39, 0.29) is 23.1 Å². The van der Waals surface area contributed by atoms with Gasteiger partial charge in [-0.25, -0.2) is 24.1 Å². The number of phenols is 1. The highest BCUT2D eigenvalue weighted by molar-refractivity contribution is 5.87. The lowest BCUT2D eigenvalue weighted by Gasteiger charge is -2.05. The molecule has 27 heavy (non-hydrogen) atoms. The maximum Gasteiger partial charge on any atom is 0.381 e. The SMILES string of the molecule is Cc1cc(/C=C/c2ncnc(C(=O)Oc3ccccc3F)n2)cc(C)c1O. The lowest BCUT2D eigenvalue weighted by atomic mass is 10.1. The number of phenolic OH excluding ortho intramolecular Hbond substituents is 1. The van der Waals surface area contributed by atoms with E-state index in [1.807, 2.05) is 12.1 Å². The average Bonchev–Trinajstić information content (AvgIpc) is 2.66. The van der Waals surface area contributed by atoms with Gasteiger partial charge in [0, 0.05) is 0 Å². The molecule has 0 fully saturated rings. The molecular formula is C20H16FN3O3. The number of aromatic nitrogens is 3. The van der Waals surface area contributed by atoms with Gasteiger partial charge in [0.2, 0.25) is 5.82 Å². The molecule has 0 aliphatic heterocycles. The fourth-order valence-electron chi connectivity index (χ4n) is 2.42. The number of aromatic hydroxyl groups is 1. The van der Waals surface area contributed by atoms with Crippen LogP contribution in [0.1, 0.15) is 33.1 Å². The van der Waals surface area contributed by atoms with E-state index in [0.717, 1.165) is 16.7 Å². The maximum absolute atomic E-state index is 13.6. The summed E-state index contributed by atoms with van der Waals surface area (Å²) in [5, 5.41) is 9.82. The molecule has 2 aromatic carbocycles. The molecule has 1 N–H and O–H groups in total. The number of para-hydroxylation sites is 1. The van der Waals surface area contributed by atoms with Crippen molar-refractivity contribution >= 4 is 18.1 Å². The van der Waals surface area contributed by atoms with E-state index in [4.69, 9.17) is 4.74 Å². The summed E-state index contributed by atoms with van der Waals surface area (Å²) in [6, 6.07) is 9.19. The zero-order valence-corrected chi connectivity index (χ0v) is 14.7. The highest BCUT2D eigenvalue weighted by Crippen LogP contribution is 2.23. The summed E-state index contributed by atoms with van der Waals surface area (Å²) in [6.45, 7) is 3.61. The molecule has 3 aromatic rings. The number of ether oxygens (including phenoxy) is 1. The first-order valence-corrected chi connectivity index (χ1v) is 8.08. The van der Waals surface area contributed by atoms with E-state index in [1.165, 1.54) is 24.5 Å². The number of hydrogen-bond donors (Lipinski definition) is 1. The molecule has 136 valence electrons. The lowest BCUT2D eigenvalue weighted by Crippen LogP contribution is -2.14. The molecule has 0 radical (unpaired) electrons. The fourth-order valence-corrected chi connectivity index (χ4v) is 2.42. The molecule has 1 aromatic heterocycles. The van der Waals surface area contributed by atoms with Crippen LogP contribution in [0.3, 0.4) is 0 Å². The van der Waals surface area contributed by atoms with E-state index in [2.05, 4.69) is 15.0 Å². The fraction of sp³-hybridized carbons (Fsp3) is 0.100. The van der Waals surface area contributed by atoms with Crippen LogP contribution in [0.15, 0.2) is 42.7 Å². The van der Waals surface area contributed by atoms with Crippen LogP contribution in [0.4, 0.5) is 4.39 Å². The zero-order valence-electron chi connectivity index (χ0n) is 14.7. The average molecular weight is 365 g/mol. The normalized spacial score (nSPS) is 10.9. The minimum Gasteiger partial charge on any atom is -0.507 e. The molecule has 0 spiro atoms. The minimum absolute atomic E-state index is 0.199. The van der Waals surface area contributed by atoms with Crippen LogP contribution >= 0.6 is 0 Å². The Bertz CT molecular complexity index is 1010. The Labute approximate surface area is 155 Å². The first kappa shape index (κ1) is 18.2. The smallest absolute Gasteiger partial charge is 0.381 e. The molecule has 0 aliphatic carbocycles. The van der Waals surface area contributed by atoms with Gasteiger partial charge >= 0.3 is 5.97 Å². The molecule has 0 aliphatic rings. The molecule has 7 heteroatoms. The second-order valence-electron chi connectivity index (χ2n) is 5.82. The molecule has 0 bridgehead atoms. The molecule has 3 rings (SSSR count). The second kappa shape index (κ2) is 7.74. The predicted octanol–water partition coefficient (Wildman–Crippen LogP) is 3.72. The zero-order chi connectivity index (χ0) is 19.4. The molecule has 0 unspecified atom stereocenters. The van der Waals surface area contributed by atoms with E-state index >= 15 is 0 Å². The monoisotopic (exact) mass is 365 g/mol. The first-order chi connectivity index (χ1) is 12.9. The quantitative estimate of drug-likeness (QED) is 0.560. The maximum atomic E-state index is 13.6. The van der Waals surface area contributed by atoms with Gasteiger partial charge < -0.3 is 9.84 Å². The summed E-state index contributed by atoms with van der Waals surface area (Å²) in [5.74, 6) is -1.47. The standard InChI is InChI=1S/C20H16FN3O3/c1-12-9-14(10-13(2)18(12)25)7-8-17-22-11-23-19(24-17)20(26)27-16-6-4-3-5-15(16)21/h3-11,25H,1-2H3/b8-7+. The van der Waals surface area contributed by atoms with Gasteiger partial charge in [-0.1, -0.05) is 18.2 Å². The second-order valence-corrected chi connectivity index (χ2v) is 5.82. The minimum atomic E-state index is -0.881. The lowest BCUT2D eigenvalue weighted by molar-refractivity contribution is 0.0714. The van der Waals surface area contributed by atoms with Gasteiger partial charge in [0.15, 0.2) is 17.4 Å². The number of aryl methyl sites for hydroxylation is 2. The number of benzene rings is 2. The molecule has 0 atom stereocenters. The van der Waals surface area contributed by atoms with Crippen LogP contribution < -0.4 is 4.74 Å². The summed E-state index contributed by atoms with van der Waals surface area (Å²) < 4.78 is 18.6.